The second kappa shape index (κ2) is 12.4. The highest BCUT2D eigenvalue weighted by molar-refractivity contribution is 14.1. The average molecular weight is 737 g/mol. The largest absolute Gasteiger partial charge is 0.490 e. The lowest BCUT2D eigenvalue weighted by Gasteiger charge is -2.49. The Morgan fingerprint density at radius 3 is 2.00 bits per heavy atom. The number of carbonyl (C=O) groups excluding carboxylic acids is 2. The van der Waals surface area contributed by atoms with Crippen LogP contribution in [0.5, 0.6) is 11.5 Å². The van der Waals surface area contributed by atoms with E-state index in [4.69, 9.17) is 32.7 Å². The lowest BCUT2D eigenvalue weighted by Crippen LogP contribution is -2.44. The highest BCUT2D eigenvalue weighted by Gasteiger charge is 2.49. The molecule has 0 unspecified atom stereocenters. The van der Waals surface area contributed by atoms with Crippen LogP contribution in [0.1, 0.15) is 90.7 Å². The number of hydrogen-bond donors (Lipinski definition) is 0. The molecule has 0 saturated carbocycles. The van der Waals surface area contributed by atoms with Gasteiger partial charge in [0, 0.05) is 47.8 Å². The number of allylic oxidation sites excluding steroid dienone is 4. The van der Waals surface area contributed by atoms with Gasteiger partial charge in [-0.05, 0) is 95.0 Å². The van der Waals surface area contributed by atoms with E-state index in [9.17, 15) is 9.59 Å². The first-order valence-electron chi connectivity index (χ1n) is 15.1. The smallest absolute Gasteiger partial charge is 0.174 e. The maximum Gasteiger partial charge on any atom is 0.174 e. The molecule has 0 aromatic heterocycles. The van der Waals surface area contributed by atoms with Crippen LogP contribution in [0.2, 0.25) is 10.0 Å². The summed E-state index contributed by atoms with van der Waals surface area (Å²) in [5, 5.41) is 0.967. The van der Waals surface area contributed by atoms with E-state index in [2.05, 4.69) is 68.2 Å². The molecule has 5 nitrogen and oxygen atoms in total. The highest BCUT2D eigenvalue weighted by Crippen LogP contribution is 2.55. The predicted octanol–water partition coefficient (Wildman–Crippen LogP) is 9.67. The summed E-state index contributed by atoms with van der Waals surface area (Å²) in [6, 6.07) is 9.47. The predicted molar refractivity (Wildman–Crippen MR) is 181 cm³/mol. The third kappa shape index (κ3) is 6.53. The molecule has 43 heavy (non-hydrogen) atoms. The summed E-state index contributed by atoms with van der Waals surface area (Å²) in [6.07, 6.45) is 3.46. The fourth-order valence-corrected chi connectivity index (χ4v) is 7.92. The van der Waals surface area contributed by atoms with Crippen LogP contribution in [0, 0.1) is 14.4 Å². The molecule has 5 rings (SSSR count). The molecule has 0 saturated heterocycles. The van der Waals surface area contributed by atoms with E-state index in [1.54, 1.807) is 12.1 Å². The van der Waals surface area contributed by atoms with Gasteiger partial charge in [-0.15, -0.1) is 0 Å². The summed E-state index contributed by atoms with van der Waals surface area (Å²) >= 11 is 14.6. The van der Waals surface area contributed by atoms with Gasteiger partial charge >= 0.3 is 0 Å². The molecule has 230 valence electrons. The van der Waals surface area contributed by atoms with Crippen molar-refractivity contribution < 1.29 is 19.1 Å². The Morgan fingerprint density at radius 2 is 1.47 bits per heavy atom. The van der Waals surface area contributed by atoms with Gasteiger partial charge in [0.15, 0.2) is 23.1 Å². The maximum absolute atomic E-state index is 14.1. The minimum absolute atomic E-state index is 0.134. The Bertz CT molecular complexity index is 1490. The minimum atomic E-state index is -0.429. The molecule has 0 N–H and O–H groups in total. The first-order valence-corrected chi connectivity index (χ1v) is 16.9. The molecule has 0 bridgehead atoms. The van der Waals surface area contributed by atoms with E-state index in [0.717, 1.165) is 63.0 Å². The molecular weight excluding hydrogens is 696 g/mol. The van der Waals surface area contributed by atoms with Crippen molar-refractivity contribution in [2.75, 3.05) is 13.2 Å². The van der Waals surface area contributed by atoms with Crippen LogP contribution in [0.25, 0.3) is 0 Å². The van der Waals surface area contributed by atoms with Crippen molar-refractivity contribution in [3.63, 3.8) is 0 Å². The van der Waals surface area contributed by atoms with E-state index < -0.39 is 5.92 Å². The lowest BCUT2D eigenvalue weighted by molar-refractivity contribution is -0.119. The van der Waals surface area contributed by atoms with Crippen molar-refractivity contribution in [3.05, 3.63) is 77.6 Å². The summed E-state index contributed by atoms with van der Waals surface area (Å²) in [6.45, 7) is 14.3. The standard InChI is InChI=1S/C35H40Cl2INO4/c1-7-11-39-25-15-34(3,4)17-27(40)31(25)30(32-26(39)16-35(5,6)18-28(32)41)21-13-24(38)33(29(14-21)42-8-2)43-19-20-9-10-22(36)23(37)12-20/h9-10,12-14,30H,7-8,11,15-19H2,1-6H3. The van der Waals surface area contributed by atoms with Crippen LogP contribution in [0.3, 0.4) is 0 Å². The number of ether oxygens (including phenoxy) is 2. The zero-order chi connectivity index (χ0) is 31.3. The Hall–Kier alpha value is -2.03. The van der Waals surface area contributed by atoms with Gasteiger partial charge < -0.3 is 14.4 Å². The van der Waals surface area contributed by atoms with Gasteiger partial charge in [0.2, 0.25) is 0 Å². The van der Waals surface area contributed by atoms with Crippen molar-refractivity contribution >= 4 is 57.4 Å². The number of nitrogens with zero attached hydrogens (tertiary/aromatic N) is 1. The van der Waals surface area contributed by atoms with Gasteiger partial charge in [0.05, 0.1) is 20.2 Å². The van der Waals surface area contributed by atoms with Crippen molar-refractivity contribution in [2.45, 2.75) is 86.2 Å². The molecular formula is C35H40Cl2INO4. The Morgan fingerprint density at radius 1 is 0.860 bits per heavy atom. The van der Waals surface area contributed by atoms with E-state index in [-0.39, 0.29) is 29.0 Å². The van der Waals surface area contributed by atoms with Crippen molar-refractivity contribution in [2.24, 2.45) is 10.8 Å². The number of halogens is 3. The molecule has 2 aromatic rings. The zero-order valence-electron chi connectivity index (χ0n) is 25.8. The number of hydrogen-bond acceptors (Lipinski definition) is 5. The lowest BCUT2D eigenvalue weighted by atomic mass is 9.63. The highest BCUT2D eigenvalue weighted by atomic mass is 127. The normalized spacial score (nSPS) is 19.9. The Labute approximate surface area is 279 Å². The number of benzene rings is 2. The molecule has 0 radical (unpaired) electrons. The summed E-state index contributed by atoms with van der Waals surface area (Å²) < 4.78 is 13.3. The van der Waals surface area contributed by atoms with E-state index in [1.807, 2.05) is 19.1 Å². The number of ketones is 2. The first-order chi connectivity index (χ1) is 20.2. The van der Waals surface area contributed by atoms with Crippen LogP contribution >= 0.6 is 45.8 Å². The van der Waals surface area contributed by atoms with Crippen molar-refractivity contribution in [3.8, 4) is 11.5 Å². The average Bonchev–Trinajstić information content (AvgIpc) is 2.89. The van der Waals surface area contributed by atoms with Crippen LogP contribution in [-0.4, -0.2) is 29.6 Å². The molecule has 0 atom stereocenters. The van der Waals surface area contributed by atoms with Gasteiger partial charge in [-0.25, -0.2) is 0 Å². The summed E-state index contributed by atoms with van der Waals surface area (Å²) in [4.78, 5) is 30.5. The molecule has 1 aliphatic heterocycles. The molecule has 0 amide bonds. The fourth-order valence-electron chi connectivity index (χ4n) is 6.82. The van der Waals surface area contributed by atoms with Crippen LogP contribution < -0.4 is 9.47 Å². The Kier molecular flexibility index (Phi) is 9.33. The van der Waals surface area contributed by atoms with Crippen molar-refractivity contribution in [1.82, 2.24) is 4.90 Å². The summed E-state index contributed by atoms with van der Waals surface area (Å²) in [7, 11) is 0. The topological polar surface area (TPSA) is 55.8 Å². The summed E-state index contributed by atoms with van der Waals surface area (Å²) in [5.41, 5.74) is 5.22. The number of rotatable bonds is 8. The molecule has 8 heteroatoms. The van der Waals surface area contributed by atoms with Crippen molar-refractivity contribution in [1.29, 1.82) is 0 Å². The van der Waals surface area contributed by atoms with E-state index in [0.29, 0.717) is 41.0 Å². The molecule has 1 heterocycles. The van der Waals surface area contributed by atoms with Crippen LogP contribution in [-0.2, 0) is 16.2 Å². The zero-order valence-corrected chi connectivity index (χ0v) is 29.5. The fraction of sp³-hybridized carbons (Fsp3) is 0.486. The molecule has 0 fully saturated rings. The first kappa shape index (κ1) is 32.4. The van der Waals surface area contributed by atoms with Gasteiger partial charge in [-0.2, -0.15) is 0 Å². The summed E-state index contributed by atoms with van der Waals surface area (Å²) in [5.74, 6) is 1.05. The Balaban J connectivity index is 1.65. The van der Waals surface area contributed by atoms with Gasteiger partial charge in [0.1, 0.15) is 6.61 Å². The second-order valence-electron chi connectivity index (χ2n) is 13.5. The van der Waals surface area contributed by atoms with Gasteiger partial charge in [0.25, 0.3) is 0 Å². The number of Topliss-reactive ketones (excluding diaryl/α,β-unsaturated/α-hetero) is 2. The quantitative estimate of drug-likeness (QED) is 0.253. The monoisotopic (exact) mass is 735 g/mol. The maximum atomic E-state index is 14.1. The van der Waals surface area contributed by atoms with E-state index in [1.165, 1.54) is 0 Å². The number of carbonyl (C=O) groups is 2. The molecule has 2 aromatic carbocycles. The van der Waals surface area contributed by atoms with Crippen LogP contribution in [0.4, 0.5) is 0 Å². The molecule has 2 aliphatic carbocycles. The molecule has 3 aliphatic rings. The second-order valence-corrected chi connectivity index (χ2v) is 15.5. The third-order valence-corrected chi connectivity index (χ3v) is 10.0. The van der Waals surface area contributed by atoms with Gasteiger partial charge in [-0.3, -0.25) is 9.59 Å². The van der Waals surface area contributed by atoms with E-state index >= 15 is 0 Å². The SMILES string of the molecule is CCCN1C2=C(C(=O)CC(C)(C)C2)C(c2cc(I)c(OCc3ccc(Cl)c(Cl)c3)c(OCC)c2)C2=C1CC(C)(C)CC2=O. The van der Waals surface area contributed by atoms with Gasteiger partial charge in [-0.1, -0.05) is 63.9 Å². The third-order valence-electron chi connectivity index (χ3n) is 8.50. The minimum Gasteiger partial charge on any atom is -0.490 e. The van der Waals surface area contributed by atoms with Crippen LogP contribution in [0.15, 0.2) is 52.9 Å². The molecule has 0 spiro atoms.